The quantitative estimate of drug-likeness (QED) is 0.910. The van der Waals surface area contributed by atoms with E-state index in [0.717, 1.165) is 11.4 Å². The molecule has 2 aromatic rings. The molecular formula is C17H23N3O2. The lowest BCUT2D eigenvalue weighted by atomic mass is 9.89. The van der Waals surface area contributed by atoms with Gasteiger partial charge in [-0.05, 0) is 19.1 Å². The van der Waals surface area contributed by atoms with E-state index in [1.54, 1.807) is 17.8 Å². The summed E-state index contributed by atoms with van der Waals surface area (Å²) in [5, 5.41) is 16.5. The molecule has 0 fully saturated rings. The lowest BCUT2D eigenvalue weighted by molar-refractivity contribution is 0.0920. The van der Waals surface area contributed by atoms with Crippen LogP contribution in [0.4, 0.5) is 0 Å². The number of rotatable bonds is 4. The lowest BCUT2D eigenvalue weighted by Gasteiger charge is -2.18. The molecule has 0 bridgehead atoms. The highest BCUT2D eigenvalue weighted by Gasteiger charge is 2.27. The van der Waals surface area contributed by atoms with E-state index in [4.69, 9.17) is 5.11 Å². The van der Waals surface area contributed by atoms with Crippen LogP contribution in [0, 0.1) is 0 Å². The van der Waals surface area contributed by atoms with Gasteiger partial charge in [0.05, 0.1) is 23.6 Å². The van der Waals surface area contributed by atoms with Gasteiger partial charge in [0, 0.05) is 17.7 Å². The molecule has 2 rings (SSSR count). The van der Waals surface area contributed by atoms with Gasteiger partial charge in [-0.15, -0.1) is 0 Å². The number of aromatic nitrogens is 2. The monoisotopic (exact) mass is 301 g/mol. The van der Waals surface area contributed by atoms with Crippen molar-refractivity contribution in [1.82, 2.24) is 15.1 Å². The van der Waals surface area contributed by atoms with Gasteiger partial charge < -0.3 is 10.4 Å². The molecule has 0 aliphatic rings. The Kier molecular flexibility index (Phi) is 4.66. The highest BCUT2D eigenvalue weighted by atomic mass is 16.3. The van der Waals surface area contributed by atoms with Crippen molar-refractivity contribution >= 4 is 5.91 Å². The first-order chi connectivity index (χ1) is 10.3. The molecule has 5 nitrogen and oxygen atoms in total. The molecule has 22 heavy (non-hydrogen) atoms. The molecule has 1 aromatic carbocycles. The molecule has 2 N–H and O–H groups in total. The van der Waals surface area contributed by atoms with E-state index >= 15 is 0 Å². The first kappa shape index (κ1) is 16.2. The Bertz CT molecular complexity index is 642. The Hall–Kier alpha value is -2.14. The van der Waals surface area contributed by atoms with E-state index in [2.05, 4.69) is 10.4 Å². The highest BCUT2D eigenvalue weighted by molar-refractivity contribution is 5.95. The van der Waals surface area contributed by atoms with Gasteiger partial charge in [0.1, 0.15) is 0 Å². The fourth-order valence-electron chi connectivity index (χ4n) is 2.15. The summed E-state index contributed by atoms with van der Waals surface area (Å²) >= 11 is 0. The topological polar surface area (TPSA) is 67.2 Å². The van der Waals surface area contributed by atoms with Gasteiger partial charge >= 0.3 is 0 Å². The summed E-state index contributed by atoms with van der Waals surface area (Å²) in [5.41, 5.74) is 1.92. The molecule has 0 spiro atoms. The second kappa shape index (κ2) is 6.32. The summed E-state index contributed by atoms with van der Waals surface area (Å²) in [4.78, 5) is 12.5. The van der Waals surface area contributed by atoms with Crippen LogP contribution in [0.1, 0.15) is 43.7 Å². The van der Waals surface area contributed by atoms with Crippen LogP contribution in [0.2, 0.25) is 0 Å². The number of amides is 1. The zero-order valence-corrected chi connectivity index (χ0v) is 13.5. The molecule has 0 saturated heterocycles. The van der Waals surface area contributed by atoms with Gasteiger partial charge in [-0.3, -0.25) is 4.79 Å². The minimum Gasteiger partial charge on any atom is -0.394 e. The second-order valence-electron chi connectivity index (χ2n) is 6.48. The zero-order chi connectivity index (χ0) is 16.3. The van der Waals surface area contributed by atoms with Crippen molar-refractivity contribution in [3.05, 3.63) is 47.8 Å². The number of benzene rings is 1. The van der Waals surface area contributed by atoms with E-state index < -0.39 is 0 Å². The van der Waals surface area contributed by atoms with Crippen LogP contribution < -0.4 is 5.32 Å². The van der Waals surface area contributed by atoms with Crippen molar-refractivity contribution in [3.63, 3.8) is 0 Å². The molecule has 1 heterocycles. The number of nitrogens with one attached hydrogen (secondary N) is 1. The number of hydrogen-bond donors (Lipinski definition) is 2. The largest absolute Gasteiger partial charge is 0.394 e. The van der Waals surface area contributed by atoms with Crippen molar-refractivity contribution in [2.75, 3.05) is 6.61 Å². The zero-order valence-electron chi connectivity index (χ0n) is 13.5. The Balaban J connectivity index is 2.44. The third kappa shape index (κ3) is 3.54. The van der Waals surface area contributed by atoms with Crippen molar-refractivity contribution in [3.8, 4) is 5.69 Å². The van der Waals surface area contributed by atoms with Crippen LogP contribution in [0.25, 0.3) is 5.69 Å². The Morgan fingerprint density at radius 1 is 1.32 bits per heavy atom. The normalized spacial score (nSPS) is 13.0. The first-order valence-electron chi connectivity index (χ1n) is 7.40. The van der Waals surface area contributed by atoms with E-state index in [1.807, 2.05) is 51.1 Å². The average Bonchev–Trinajstić information content (AvgIpc) is 2.93. The van der Waals surface area contributed by atoms with Gasteiger partial charge in [0.25, 0.3) is 5.91 Å². The SMILES string of the molecule is CC(CO)NC(=O)c1cn(-c2ccccc2)nc1C(C)(C)C. The van der Waals surface area contributed by atoms with Gasteiger partial charge in [0.15, 0.2) is 0 Å². The van der Waals surface area contributed by atoms with Crippen LogP contribution in [0.15, 0.2) is 36.5 Å². The summed E-state index contributed by atoms with van der Waals surface area (Å²) in [6.45, 7) is 7.74. The van der Waals surface area contributed by atoms with Crippen molar-refractivity contribution < 1.29 is 9.90 Å². The van der Waals surface area contributed by atoms with Crippen LogP contribution in [-0.2, 0) is 5.41 Å². The summed E-state index contributed by atoms with van der Waals surface area (Å²) in [7, 11) is 0. The summed E-state index contributed by atoms with van der Waals surface area (Å²) in [6, 6.07) is 9.40. The van der Waals surface area contributed by atoms with E-state index in [-0.39, 0.29) is 24.0 Å². The van der Waals surface area contributed by atoms with E-state index in [0.29, 0.717) is 5.56 Å². The third-order valence-electron chi connectivity index (χ3n) is 3.34. The standard InChI is InChI=1S/C17H23N3O2/c1-12(11-21)18-16(22)14-10-20(13-8-6-5-7-9-13)19-15(14)17(2,3)4/h5-10,12,21H,11H2,1-4H3,(H,18,22). The Morgan fingerprint density at radius 2 is 1.95 bits per heavy atom. The predicted octanol–water partition coefficient (Wildman–Crippen LogP) is 2.28. The number of nitrogens with zero attached hydrogens (tertiary/aromatic N) is 2. The molecule has 1 unspecified atom stereocenters. The molecule has 1 amide bonds. The summed E-state index contributed by atoms with van der Waals surface area (Å²) < 4.78 is 1.72. The number of para-hydroxylation sites is 1. The molecule has 118 valence electrons. The number of aliphatic hydroxyl groups excluding tert-OH is 1. The number of carbonyl (C=O) groups excluding carboxylic acids is 1. The molecule has 5 heteroatoms. The maximum absolute atomic E-state index is 12.5. The first-order valence-corrected chi connectivity index (χ1v) is 7.40. The summed E-state index contributed by atoms with van der Waals surface area (Å²) in [5.74, 6) is -0.214. The van der Waals surface area contributed by atoms with E-state index in [9.17, 15) is 4.79 Å². The van der Waals surface area contributed by atoms with Crippen LogP contribution in [0.5, 0.6) is 0 Å². The molecule has 1 aromatic heterocycles. The van der Waals surface area contributed by atoms with Crippen molar-refractivity contribution in [1.29, 1.82) is 0 Å². The van der Waals surface area contributed by atoms with Crippen molar-refractivity contribution in [2.24, 2.45) is 0 Å². The molecule has 1 atom stereocenters. The molecule has 0 saturated carbocycles. The van der Waals surface area contributed by atoms with Gasteiger partial charge in [-0.1, -0.05) is 39.0 Å². The number of carbonyl (C=O) groups is 1. The molecule has 0 aliphatic carbocycles. The maximum atomic E-state index is 12.5. The van der Waals surface area contributed by atoms with Crippen molar-refractivity contribution in [2.45, 2.75) is 39.2 Å². The second-order valence-corrected chi connectivity index (χ2v) is 6.48. The maximum Gasteiger partial charge on any atom is 0.255 e. The minimum absolute atomic E-state index is 0.0938. The molecular weight excluding hydrogens is 278 g/mol. The third-order valence-corrected chi connectivity index (χ3v) is 3.34. The fourth-order valence-corrected chi connectivity index (χ4v) is 2.15. The van der Waals surface area contributed by atoms with Crippen LogP contribution in [-0.4, -0.2) is 33.4 Å². The Labute approximate surface area is 131 Å². The van der Waals surface area contributed by atoms with Gasteiger partial charge in [0.2, 0.25) is 0 Å². The average molecular weight is 301 g/mol. The number of aliphatic hydroxyl groups is 1. The lowest BCUT2D eigenvalue weighted by Crippen LogP contribution is -2.36. The van der Waals surface area contributed by atoms with E-state index in [1.165, 1.54) is 0 Å². The molecule has 0 radical (unpaired) electrons. The molecule has 0 aliphatic heterocycles. The predicted molar refractivity (Wildman–Crippen MR) is 86.3 cm³/mol. The summed E-state index contributed by atoms with van der Waals surface area (Å²) in [6.07, 6.45) is 1.75. The number of hydrogen-bond acceptors (Lipinski definition) is 3. The minimum atomic E-state index is -0.291. The van der Waals surface area contributed by atoms with Crippen LogP contribution in [0.3, 0.4) is 0 Å². The smallest absolute Gasteiger partial charge is 0.255 e. The van der Waals surface area contributed by atoms with Gasteiger partial charge in [-0.25, -0.2) is 4.68 Å². The fraction of sp³-hybridized carbons (Fsp3) is 0.412. The highest BCUT2D eigenvalue weighted by Crippen LogP contribution is 2.25. The van der Waals surface area contributed by atoms with Crippen LogP contribution >= 0.6 is 0 Å². The van der Waals surface area contributed by atoms with Gasteiger partial charge in [-0.2, -0.15) is 5.10 Å². The Morgan fingerprint density at radius 3 is 2.50 bits per heavy atom.